The van der Waals surface area contributed by atoms with Crippen molar-refractivity contribution in [3.8, 4) is 0 Å². The van der Waals surface area contributed by atoms with Crippen molar-refractivity contribution >= 4 is 5.91 Å². The van der Waals surface area contributed by atoms with Gasteiger partial charge in [-0.15, -0.1) is 0 Å². The smallest absolute Gasteiger partial charge is 0.257 e. The molecule has 0 radical (unpaired) electrons. The molecule has 0 spiro atoms. The maximum Gasteiger partial charge on any atom is 0.257 e. The molecule has 2 heterocycles. The zero-order chi connectivity index (χ0) is 13.1. The molecule has 100 valence electrons. The average Bonchev–Trinajstić information content (AvgIpc) is 2.71. The number of carbonyl (C=O) groups excluding carboxylic acids is 1. The Kier molecular flexibility index (Phi) is 3.98. The predicted molar refractivity (Wildman–Crippen MR) is 67.4 cm³/mol. The number of aromatic nitrogens is 2. The number of amides is 1. The van der Waals surface area contributed by atoms with Crippen molar-refractivity contribution in [2.24, 2.45) is 7.05 Å². The molecule has 1 aliphatic rings. The SMILES string of the molecule is Cc1c(C(=O)N2CCN(CCO)CC2)cnn1C. The molecule has 0 saturated carbocycles. The first-order valence-corrected chi connectivity index (χ1v) is 6.24. The van der Waals surface area contributed by atoms with Crippen molar-refractivity contribution in [1.82, 2.24) is 19.6 Å². The molecule has 1 aromatic heterocycles. The van der Waals surface area contributed by atoms with E-state index in [-0.39, 0.29) is 12.5 Å². The average molecular weight is 252 g/mol. The van der Waals surface area contributed by atoms with E-state index in [0.717, 1.165) is 18.8 Å². The van der Waals surface area contributed by atoms with Crippen LogP contribution >= 0.6 is 0 Å². The Morgan fingerprint density at radius 1 is 1.39 bits per heavy atom. The van der Waals surface area contributed by atoms with Crippen LogP contribution in [-0.4, -0.2) is 69.9 Å². The van der Waals surface area contributed by atoms with Crippen LogP contribution < -0.4 is 0 Å². The molecule has 1 aromatic rings. The molecule has 1 aliphatic heterocycles. The van der Waals surface area contributed by atoms with Crippen LogP contribution in [0.2, 0.25) is 0 Å². The van der Waals surface area contributed by atoms with E-state index in [9.17, 15) is 4.79 Å². The van der Waals surface area contributed by atoms with Gasteiger partial charge in [-0.2, -0.15) is 5.10 Å². The number of carbonyl (C=O) groups is 1. The van der Waals surface area contributed by atoms with E-state index in [4.69, 9.17) is 5.11 Å². The van der Waals surface area contributed by atoms with Crippen LogP contribution in [-0.2, 0) is 7.05 Å². The normalized spacial score (nSPS) is 17.2. The van der Waals surface area contributed by atoms with Gasteiger partial charge in [0.1, 0.15) is 0 Å². The summed E-state index contributed by atoms with van der Waals surface area (Å²) in [6.07, 6.45) is 1.64. The minimum Gasteiger partial charge on any atom is -0.395 e. The molecule has 0 bridgehead atoms. The molecule has 1 N–H and O–H groups in total. The lowest BCUT2D eigenvalue weighted by Crippen LogP contribution is -2.49. The molecule has 6 nitrogen and oxygen atoms in total. The first kappa shape index (κ1) is 13.0. The molecular formula is C12H20N4O2. The minimum absolute atomic E-state index is 0.0595. The highest BCUT2D eigenvalue weighted by Crippen LogP contribution is 2.11. The Labute approximate surface area is 107 Å². The summed E-state index contributed by atoms with van der Waals surface area (Å²) in [6.45, 7) is 5.85. The van der Waals surface area contributed by atoms with Gasteiger partial charge in [0.25, 0.3) is 5.91 Å². The molecule has 6 heteroatoms. The molecule has 18 heavy (non-hydrogen) atoms. The van der Waals surface area contributed by atoms with E-state index in [0.29, 0.717) is 25.2 Å². The number of rotatable bonds is 3. The van der Waals surface area contributed by atoms with Gasteiger partial charge < -0.3 is 10.0 Å². The number of hydrogen-bond acceptors (Lipinski definition) is 4. The standard InChI is InChI=1S/C12H20N4O2/c1-10-11(9-13-14(10)2)12(18)16-5-3-15(4-6-16)7-8-17/h9,17H,3-8H2,1-2H3. The molecular weight excluding hydrogens is 232 g/mol. The summed E-state index contributed by atoms with van der Waals surface area (Å²) in [5.74, 6) is 0.0595. The summed E-state index contributed by atoms with van der Waals surface area (Å²) in [5.41, 5.74) is 1.59. The van der Waals surface area contributed by atoms with Gasteiger partial charge in [-0.05, 0) is 6.92 Å². The van der Waals surface area contributed by atoms with Gasteiger partial charge in [0.15, 0.2) is 0 Å². The lowest BCUT2D eigenvalue weighted by atomic mass is 10.2. The maximum absolute atomic E-state index is 12.3. The number of aliphatic hydroxyl groups is 1. The molecule has 1 fully saturated rings. The van der Waals surface area contributed by atoms with E-state index < -0.39 is 0 Å². The van der Waals surface area contributed by atoms with E-state index in [1.807, 2.05) is 18.9 Å². The molecule has 1 amide bonds. The highest BCUT2D eigenvalue weighted by molar-refractivity contribution is 5.95. The number of aliphatic hydroxyl groups excluding tert-OH is 1. The summed E-state index contributed by atoms with van der Waals surface area (Å²) in [5, 5.41) is 13.0. The Morgan fingerprint density at radius 3 is 2.56 bits per heavy atom. The highest BCUT2D eigenvalue weighted by atomic mass is 16.3. The summed E-state index contributed by atoms with van der Waals surface area (Å²) in [6, 6.07) is 0. The predicted octanol–water partition coefficient (Wildman–Crippen LogP) is -0.521. The van der Waals surface area contributed by atoms with Crippen molar-refractivity contribution in [3.05, 3.63) is 17.5 Å². The molecule has 1 saturated heterocycles. The zero-order valence-corrected chi connectivity index (χ0v) is 11.0. The first-order valence-electron chi connectivity index (χ1n) is 6.24. The van der Waals surface area contributed by atoms with Crippen molar-refractivity contribution in [1.29, 1.82) is 0 Å². The van der Waals surface area contributed by atoms with Gasteiger partial charge in [0.05, 0.1) is 18.4 Å². The fraction of sp³-hybridized carbons (Fsp3) is 0.667. The fourth-order valence-corrected chi connectivity index (χ4v) is 2.19. The van der Waals surface area contributed by atoms with Gasteiger partial charge in [-0.1, -0.05) is 0 Å². The van der Waals surface area contributed by atoms with Crippen LogP contribution in [0.3, 0.4) is 0 Å². The third kappa shape index (κ3) is 2.54. The maximum atomic E-state index is 12.3. The Bertz CT molecular complexity index is 422. The molecule has 0 aliphatic carbocycles. The third-order valence-electron chi connectivity index (χ3n) is 3.54. The second-order valence-corrected chi connectivity index (χ2v) is 4.62. The first-order chi connectivity index (χ1) is 8.63. The van der Waals surface area contributed by atoms with Gasteiger partial charge >= 0.3 is 0 Å². The highest BCUT2D eigenvalue weighted by Gasteiger charge is 2.24. The number of nitrogens with zero attached hydrogens (tertiary/aromatic N) is 4. The van der Waals surface area contributed by atoms with Crippen LogP contribution in [0.15, 0.2) is 6.20 Å². The summed E-state index contributed by atoms with van der Waals surface area (Å²) in [4.78, 5) is 16.3. The Morgan fingerprint density at radius 2 is 2.06 bits per heavy atom. The molecule has 2 rings (SSSR count). The third-order valence-corrected chi connectivity index (χ3v) is 3.54. The monoisotopic (exact) mass is 252 g/mol. The lowest BCUT2D eigenvalue weighted by molar-refractivity contribution is 0.0614. The van der Waals surface area contributed by atoms with Crippen molar-refractivity contribution in [2.75, 3.05) is 39.3 Å². The van der Waals surface area contributed by atoms with Crippen LogP contribution in [0.4, 0.5) is 0 Å². The van der Waals surface area contributed by atoms with Crippen LogP contribution in [0.1, 0.15) is 16.1 Å². The molecule has 0 atom stereocenters. The second kappa shape index (κ2) is 5.49. The molecule has 0 unspecified atom stereocenters. The van der Waals surface area contributed by atoms with E-state index in [1.165, 1.54) is 0 Å². The van der Waals surface area contributed by atoms with Crippen molar-refractivity contribution in [2.45, 2.75) is 6.92 Å². The van der Waals surface area contributed by atoms with Gasteiger partial charge in [-0.3, -0.25) is 14.4 Å². The number of β-amino-alcohol motifs (C(OH)–C–C–N with tert-alkyl or cyclic N) is 1. The van der Waals surface area contributed by atoms with Crippen molar-refractivity contribution < 1.29 is 9.90 Å². The van der Waals surface area contributed by atoms with Crippen LogP contribution in [0.25, 0.3) is 0 Å². The van der Waals surface area contributed by atoms with Crippen LogP contribution in [0, 0.1) is 6.92 Å². The van der Waals surface area contributed by atoms with Gasteiger partial charge in [0, 0.05) is 45.5 Å². The lowest BCUT2D eigenvalue weighted by Gasteiger charge is -2.34. The fourth-order valence-electron chi connectivity index (χ4n) is 2.19. The Hall–Kier alpha value is -1.40. The summed E-state index contributed by atoms with van der Waals surface area (Å²) >= 11 is 0. The number of hydrogen-bond donors (Lipinski definition) is 1. The minimum atomic E-state index is 0.0595. The van der Waals surface area contributed by atoms with E-state index >= 15 is 0 Å². The quantitative estimate of drug-likeness (QED) is 0.786. The summed E-state index contributed by atoms with van der Waals surface area (Å²) in [7, 11) is 1.84. The largest absolute Gasteiger partial charge is 0.395 e. The number of aryl methyl sites for hydroxylation is 1. The topological polar surface area (TPSA) is 61.6 Å². The zero-order valence-electron chi connectivity index (χ0n) is 11.0. The number of piperazine rings is 1. The summed E-state index contributed by atoms with van der Waals surface area (Å²) < 4.78 is 1.72. The van der Waals surface area contributed by atoms with E-state index in [2.05, 4.69) is 10.00 Å². The second-order valence-electron chi connectivity index (χ2n) is 4.62. The van der Waals surface area contributed by atoms with Crippen LogP contribution in [0.5, 0.6) is 0 Å². The Balaban J connectivity index is 1.97. The van der Waals surface area contributed by atoms with Gasteiger partial charge in [-0.25, -0.2) is 0 Å². The van der Waals surface area contributed by atoms with E-state index in [1.54, 1.807) is 10.9 Å². The van der Waals surface area contributed by atoms with Crippen molar-refractivity contribution in [3.63, 3.8) is 0 Å². The molecule has 0 aromatic carbocycles. The van der Waals surface area contributed by atoms with Gasteiger partial charge in [0.2, 0.25) is 0 Å².